The summed E-state index contributed by atoms with van der Waals surface area (Å²) < 4.78 is 0. The minimum Gasteiger partial charge on any atom is -0.381 e. The zero-order valence-corrected chi connectivity index (χ0v) is 12.2. The van der Waals surface area contributed by atoms with Gasteiger partial charge in [0, 0.05) is 0 Å². The molecule has 0 radical (unpaired) electrons. The van der Waals surface area contributed by atoms with Gasteiger partial charge in [-0.3, -0.25) is 0 Å². The van der Waals surface area contributed by atoms with Crippen molar-refractivity contribution in [3.8, 4) is 0 Å². The van der Waals surface area contributed by atoms with E-state index in [2.05, 4.69) is 32.0 Å². The highest BCUT2D eigenvalue weighted by molar-refractivity contribution is 6.83. The van der Waals surface area contributed by atoms with Gasteiger partial charge < -0.3 is 5.11 Å². The molecule has 1 N–H and O–H groups in total. The highest BCUT2D eigenvalue weighted by atomic mass is 28.3. The minimum atomic E-state index is -1.63. The first kappa shape index (κ1) is 14.0. The van der Waals surface area contributed by atoms with Gasteiger partial charge in [-0.05, 0) is 17.2 Å². The van der Waals surface area contributed by atoms with E-state index in [-0.39, 0.29) is 0 Å². The first-order valence-electron chi connectivity index (χ1n) is 6.05. The maximum atomic E-state index is 11.0. The van der Waals surface area contributed by atoms with Crippen molar-refractivity contribution in [1.29, 1.82) is 0 Å². The Morgan fingerprint density at radius 2 is 1.82 bits per heavy atom. The lowest BCUT2D eigenvalue weighted by molar-refractivity contribution is 0.0789. The number of hydrogen-bond donors (Lipinski definition) is 1. The molecule has 0 amide bonds. The maximum Gasteiger partial charge on any atom is 0.114 e. The SMILES string of the molecule is C=C=C([C@@](O)(CC)c1ccccc1)[Si](C)(C)C. The lowest BCUT2D eigenvalue weighted by atomic mass is 9.91. The van der Waals surface area contributed by atoms with Crippen LogP contribution in [0.25, 0.3) is 0 Å². The summed E-state index contributed by atoms with van der Waals surface area (Å²) in [6.45, 7) is 12.4. The molecule has 2 heteroatoms. The summed E-state index contributed by atoms with van der Waals surface area (Å²) in [6.07, 6.45) is 0.652. The molecule has 1 aromatic carbocycles. The predicted octanol–water partition coefficient (Wildman–Crippen LogP) is 3.87. The smallest absolute Gasteiger partial charge is 0.114 e. The fraction of sp³-hybridized carbons (Fsp3) is 0.400. The molecule has 0 unspecified atom stereocenters. The van der Waals surface area contributed by atoms with Gasteiger partial charge in [0.15, 0.2) is 0 Å². The van der Waals surface area contributed by atoms with Crippen LogP contribution in [0.2, 0.25) is 19.6 Å². The molecule has 92 valence electrons. The van der Waals surface area contributed by atoms with Crippen molar-refractivity contribution in [2.45, 2.75) is 38.6 Å². The van der Waals surface area contributed by atoms with E-state index in [0.29, 0.717) is 6.42 Å². The summed E-state index contributed by atoms with van der Waals surface area (Å²) in [7, 11) is -1.63. The van der Waals surface area contributed by atoms with Crippen LogP contribution in [-0.4, -0.2) is 13.2 Å². The van der Waals surface area contributed by atoms with E-state index in [9.17, 15) is 5.11 Å². The molecule has 0 spiro atoms. The van der Waals surface area contributed by atoms with Gasteiger partial charge in [0.2, 0.25) is 0 Å². The lowest BCUT2D eigenvalue weighted by Crippen LogP contribution is -2.40. The maximum absolute atomic E-state index is 11.0. The third-order valence-corrected chi connectivity index (χ3v) is 5.19. The summed E-state index contributed by atoms with van der Waals surface area (Å²) >= 11 is 0. The molecule has 1 rings (SSSR count). The van der Waals surface area contributed by atoms with Crippen molar-refractivity contribution in [3.05, 3.63) is 53.4 Å². The zero-order valence-electron chi connectivity index (χ0n) is 11.2. The van der Waals surface area contributed by atoms with Crippen LogP contribution in [0.4, 0.5) is 0 Å². The fourth-order valence-electron chi connectivity index (χ4n) is 2.27. The third-order valence-electron chi connectivity index (χ3n) is 3.10. The average molecular weight is 246 g/mol. The highest BCUT2D eigenvalue weighted by Crippen LogP contribution is 2.37. The van der Waals surface area contributed by atoms with Gasteiger partial charge in [-0.25, -0.2) is 0 Å². The summed E-state index contributed by atoms with van der Waals surface area (Å²) in [5, 5.41) is 12.0. The molecule has 17 heavy (non-hydrogen) atoms. The summed E-state index contributed by atoms with van der Waals surface area (Å²) in [4.78, 5) is 0. The fourth-order valence-corrected chi connectivity index (χ4v) is 4.36. The third kappa shape index (κ3) is 2.78. The van der Waals surface area contributed by atoms with Gasteiger partial charge in [0.05, 0.1) is 8.07 Å². The molecule has 0 saturated heterocycles. The topological polar surface area (TPSA) is 20.2 Å². The van der Waals surface area contributed by atoms with E-state index in [4.69, 9.17) is 0 Å². The second-order valence-corrected chi connectivity index (χ2v) is 10.4. The molecule has 0 aromatic heterocycles. The Kier molecular flexibility index (Phi) is 4.15. The molecule has 0 aliphatic heterocycles. The normalized spacial score (nSPS) is 14.9. The Balaban J connectivity index is 3.36. The van der Waals surface area contributed by atoms with Crippen molar-refractivity contribution >= 4 is 8.07 Å². The van der Waals surface area contributed by atoms with E-state index < -0.39 is 13.7 Å². The first-order valence-corrected chi connectivity index (χ1v) is 9.55. The Labute approximate surface area is 106 Å². The van der Waals surface area contributed by atoms with Crippen LogP contribution in [-0.2, 0) is 5.60 Å². The standard InChI is InChI=1S/C15H22OSi/c1-6-14(17(3,4)5)15(16,7-2)13-11-9-8-10-12-13/h8-12,16H,1,7H2,2-5H3/t15-/m1/s1. The molecule has 0 fully saturated rings. The number of aliphatic hydroxyl groups is 1. The first-order chi connectivity index (χ1) is 7.86. The second kappa shape index (κ2) is 5.05. The van der Waals surface area contributed by atoms with Crippen LogP contribution in [0.1, 0.15) is 18.9 Å². The van der Waals surface area contributed by atoms with Crippen LogP contribution in [0.15, 0.2) is 47.8 Å². The molecular formula is C15H22OSi. The summed E-state index contributed by atoms with van der Waals surface area (Å²) in [6, 6.07) is 9.83. The predicted molar refractivity (Wildman–Crippen MR) is 76.6 cm³/mol. The summed E-state index contributed by atoms with van der Waals surface area (Å²) in [5.41, 5.74) is 3.04. The van der Waals surface area contributed by atoms with Gasteiger partial charge in [-0.1, -0.05) is 63.5 Å². The Morgan fingerprint density at radius 3 is 2.18 bits per heavy atom. The van der Waals surface area contributed by atoms with Gasteiger partial charge in [0.1, 0.15) is 5.60 Å². The molecule has 0 saturated carbocycles. The molecule has 0 aliphatic rings. The Morgan fingerprint density at radius 1 is 1.29 bits per heavy atom. The van der Waals surface area contributed by atoms with Crippen LogP contribution in [0.3, 0.4) is 0 Å². The zero-order chi connectivity index (χ0) is 13.1. The van der Waals surface area contributed by atoms with E-state index in [1.165, 1.54) is 0 Å². The van der Waals surface area contributed by atoms with Crippen molar-refractivity contribution < 1.29 is 5.11 Å². The molecule has 1 atom stereocenters. The minimum absolute atomic E-state index is 0.652. The number of hydrogen-bond acceptors (Lipinski definition) is 1. The second-order valence-electron chi connectivity index (χ2n) is 5.38. The van der Waals surface area contributed by atoms with E-state index in [1.807, 2.05) is 37.3 Å². The molecule has 0 bridgehead atoms. The molecule has 1 nitrogen and oxygen atoms in total. The monoisotopic (exact) mass is 246 g/mol. The average Bonchev–Trinajstić information content (AvgIpc) is 2.29. The van der Waals surface area contributed by atoms with E-state index >= 15 is 0 Å². The van der Waals surface area contributed by atoms with Crippen molar-refractivity contribution in [1.82, 2.24) is 0 Å². The molecule has 1 aromatic rings. The Hall–Kier alpha value is -1.08. The molecule has 0 heterocycles. The highest BCUT2D eigenvalue weighted by Gasteiger charge is 2.38. The van der Waals surface area contributed by atoms with Crippen LogP contribution < -0.4 is 0 Å². The van der Waals surface area contributed by atoms with Gasteiger partial charge >= 0.3 is 0 Å². The van der Waals surface area contributed by atoms with Gasteiger partial charge in [0.25, 0.3) is 0 Å². The van der Waals surface area contributed by atoms with Gasteiger partial charge in [-0.2, -0.15) is 0 Å². The van der Waals surface area contributed by atoms with Crippen molar-refractivity contribution in [2.75, 3.05) is 0 Å². The quantitative estimate of drug-likeness (QED) is 0.631. The van der Waals surface area contributed by atoms with Crippen LogP contribution in [0.5, 0.6) is 0 Å². The number of rotatable bonds is 4. The molecular weight excluding hydrogens is 224 g/mol. The molecule has 0 aliphatic carbocycles. The van der Waals surface area contributed by atoms with Crippen molar-refractivity contribution in [2.24, 2.45) is 0 Å². The van der Waals surface area contributed by atoms with Crippen LogP contribution in [0, 0.1) is 0 Å². The summed E-state index contributed by atoms with van der Waals surface area (Å²) in [5.74, 6) is 0. The van der Waals surface area contributed by atoms with Crippen LogP contribution >= 0.6 is 0 Å². The number of benzene rings is 1. The van der Waals surface area contributed by atoms with E-state index in [0.717, 1.165) is 10.8 Å². The van der Waals surface area contributed by atoms with Crippen molar-refractivity contribution in [3.63, 3.8) is 0 Å². The van der Waals surface area contributed by atoms with E-state index in [1.54, 1.807) is 0 Å². The lowest BCUT2D eigenvalue weighted by Gasteiger charge is -2.35. The Bertz CT molecular complexity index is 424. The van der Waals surface area contributed by atoms with Gasteiger partial charge in [-0.15, -0.1) is 5.73 Å². The largest absolute Gasteiger partial charge is 0.381 e.